The van der Waals surface area contributed by atoms with E-state index in [1.54, 1.807) is 36.8 Å². The summed E-state index contributed by atoms with van der Waals surface area (Å²) >= 11 is 1.65. The van der Waals surface area contributed by atoms with Crippen LogP contribution in [-0.4, -0.2) is 25.2 Å². The minimum Gasteiger partial charge on any atom is -0.497 e. The Hall–Kier alpha value is -3.64. The van der Waals surface area contributed by atoms with E-state index in [2.05, 4.69) is 21.9 Å². The fraction of sp³-hybridized carbons (Fsp3) is 0.0833. The van der Waals surface area contributed by atoms with Gasteiger partial charge in [-0.3, -0.25) is 4.98 Å². The Morgan fingerprint density at radius 1 is 1.00 bits per heavy atom. The highest BCUT2D eigenvalue weighted by Gasteiger charge is 2.17. The number of carbonyl (C=O) groups is 1. The lowest BCUT2D eigenvalue weighted by Gasteiger charge is -2.08. The Bertz CT molecular complexity index is 1200. The monoisotopic (exact) mass is 417 g/mol. The lowest BCUT2D eigenvalue weighted by Crippen LogP contribution is -1.94. The molecule has 2 aromatic heterocycles. The molecule has 0 aliphatic heterocycles. The van der Waals surface area contributed by atoms with E-state index in [1.165, 1.54) is 13.2 Å². The van der Waals surface area contributed by atoms with Crippen LogP contribution in [0.15, 0.2) is 72.9 Å². The number of pyridine rings is 1. The average molecular weight is 417 g/mol. The van der Waals surface area contributed by atoms with Gasteiger partial charge >= 0.3 is 5.97 Å². The second kappa shape index (κ2) is 8.80. The first-order valence-corrected chi connectivity index (χ1v) is 10.1. The normalized spacial score (nSPS) is 11.0. The lowest BCUT2D eigenvalue weighted by atomic mass is 10.1. The van der Waals surface area contributed by atoms with Crippen molar-refractivity contribution in [3.05, 3.63) is 78.6 Å². The molecule has 2 heterocycles. The summed E-state index contributed by atoms with van der Waals surface area (Å²) in [5.41, 5.74) is 1.72. The van der Waals surface area contributed by atoms with Crippen LogP contribution >= 0.6 is 11.3 Å². The number of methoxy groups -OCH3 is 2. The van der Waals surface area contributed by atoms with Gasteiger partial charge in [0.2, 0.25) is 0 Å². The molecule has 4 aromatic rings. The minimum atomic E-state index is -0.426. The van der Waals surface area contributed by atoms with E-state index >= 15 is 0 Å². The minimum absolute atomic E-state index is 0.426. The molecule has 0 N–H and O–H groups in total. The summed E-state index contributed by atoms with van der Waals surface area (Å²) in [6.45, 7) is 0. The Morgan fingerprint density at radius 3 is 2.50 bits per heavy atom. The van der Waals surface area contributed by atoms with Gasteiger partial charge in [0, 0.05) is 16.2 Å². The Morgan fingerprint density at radius 2 is 1.80 bits per heavy atom. The summed E-state index contributed by atoms with van der Waals surface area (Å²) < 4.78 is 17.3. The maximum absolute atomic E-state index is 11.2. The van der Waals surface area contributed by atoms with Crippen LogP contribution < -0.4 is 9.47 Å². The number of hydrogen-bond acceptors (Lipinski definition) is 6. The van der Waals surface area contributed by atoms with Crippen molar-refractivity contribution in [1.82, 2.24) is 4.98 Å². The Balaban J connectivity index is 1.71. The van der Waals surface area contributed by atoms with Gasteiger partial charge in [-0.15, -0.1) is 11.3 Å². The quantitative estimate of drug-likeness (QED) is 0.287. The molecule has 0 saturated heterocycles. The van der Waals surface area contributed by atoms with Crippen LogP contribution in [0.5, 0.6) is 17.2 Å². The van der Waals surface area contributed by atoms with Crippen LogP contribution in [0, 0.1) is 0 Å². The number of thiophene rings is 1. The molecule has 4 rings (SSSR count). The molecule has 0 spiro atoms. The van der Waals surface area contributed by atoms with E-state index in [-0.39, 0.29) is 0 Å². The van der Waals surface area contributed by atoms with Crippen molar-refractivity contribution in [2.45, 2.75) is 0 Å². The maximum Gasteiger partial charge on any atom is 0.330 e. The molecule has 0 atom stereocenters. The van der Waals surface area contributed by atoms with E-state index in [0.717, 1.165) is 32.0 Å². The number of ether oxygens (including phenoxy) is 3. The van der Waals surface area contributed by atoms with Gasteiger partial charge in [0.25, 0.3) is 0 Å². The summed E-state index contributed by atoms with van der Waals surface area (Å²) in [6.07, 6.45) is 4.56. The first kappa shape index (κ1) is 19.7. The number of aromatic nitrogens is 1. The van der Waals surface area contributed by atoms with Gasteiger partial charge < -0.3 is 14.2 Å². The van der Waals surface area contributed by atoms with Crippen molar-refractivity contribution < 1.29 is 19.0 Å². The summed E-state index contributed by atoms with van der Waals surface area (Å²) in [4.78, 5) is 16.6. The molecule has 150 valence electrons. The van der Waals surface area contributed by atoms with Crippen LogP contribution in [-0.2, 0) is 9.53 Å². The highest BCUT2D eigenvalue weighted by molar-refractivity contribution is 7.22. The zero-order valence-electron chi connectivity index (χ0n) is 16.5. The van der Waals surface area contributed by atoms with Gasteiger partial charge in [-0.05, 0) is 42.0 Å². The molecular formula is C24H19NO4S. The molecule has 0 aliphatic rings. The summed E-state index contributed by atoms with van der Waals surface area (Å²) in [5.74, 6) is 1.77. The van der Waals surface area contributed by atoms with Crippen molar-refractivity contribution in [3.8, 4) is 27.7 Å². The third-order valence-electron chi connectivity index (χ3n) is 4.46. The maximum atomic E-state index is 11.2. The number of fused-ring (bicyclic) bond motifs is 1. The topological polar surface area (TPSA) is 57.7 Å². The molecule has 0 aliphatic carbocycles. The van der Waals surface area contributed by atoms with Gasteiger partial charge in [-0.1, -0.05) is 30.3 Å². The standard InChI is InChI=1S/C24H19NO4S/c1-27-18-11-12-20-21(14-18)30-24(16-6-4-3-5-7-16)23(20)29-19-10-8-17(25-15-19)9-13-22(26)28-2/h3-15H,1-2H3/b13-9+. The second-order valence-electron chi connectivity index (χ2n) is 6.37. The van der Waals surface area contributed by atoms with Gasteiger partial charge in [0.05, 0.1) is 31.0 Å². The SMILES string of the molecule is COC(=O)/C=C/c1ccc(Oc2c(-c3ccccc3)sc3cc(OC)ccc23)cn1. The number of esters is 1. The van der Waals surface area contributed by atoms with E-state index in [9.17, 15) is 4.79 Å². The van der Waals surface area contributed by atoms with Crippen molar-refractivity contribution in [2.24, 2.45) is 0 Å². The van der Waals surface area contributed by atoms with Gasteiger partial charge in [-0.25, -0.2) is 4.79 Å². The molecule has 0 radical (unpaired) electrons. The first-order chi connectivity index (χ1) is 14.7. The van der Waals surface area contributed by atoms with Crippen LogP contribution in [0.1, 0.15) is 5.69 Å². The predicted octanol–water partition coefficient (Wildman–Crippen LogP) is 5.95. The zero-order valence-corrected chi connectivity index (χ0v) is 17.3. The van der Waals surface area contributed by atoms with Crippen LogP contribution in [0.2, 0.25) is 0 Å². The Kier molecular flexibility index (Phi) is 5.77. The average Bonchev–Trinajstić information content (AvgIpc) is 3.16. The molecule has 2 aromatic carbocycles. The summed E-state index contributed by atoms with van der Waals surface area (Å²) in [7, 11) is 2.99. The fourth-order valence-electron chi connectivity index (χ4n) is 2.95. The smallest absolute Gasteiger partial charge is 0.330 e. The first-order valence-electron chi connectivity index (χ1n) is 9.24. The summed E-state index contributed by atoms with van der Waals surface area (Å²) in [5, 5.41) is 1.01. The number of benzene rings is 2. The molecule has 30 heavy (non-hydrogen) atoms. The lowest BCUT2D eigenvalue weighted by molar-refractivity contribution is -0.134. The number of nitrogens with zero attached hydrogens (tertiary/aromatic N) is 1. The van der Waals surface area contributed by atoms with Crippen molar-refractivity contribution in [1.29, 1.82) is 0 Å². The number of rotatable bonds is 6. The van der Waals surface area contributed by atoms with Gasteiger partial charge in [-0.2, -0.15) is 0 Å². The van der Waals surface area contributed by atoms with E-state index in [1.807, 2.05) is 42.5 Å². The molecule has 5 nitrogen and oxygen atoms in total. The van der Waals surface area contributed by atoms with E-state index in [0.29, 0.717) is 11.4 Å². The highest BCUT2D eigenvalue weighted by Crippen LogP contribution is 2.47. The second-order valence-corrected chi connectivity index (χ2v) is 7.42. The Labute approximate surface area is 178 Å². The van der Waals surface area contributed by atoms with Crippen molar-refractivity contribution in [2.75, 3.05) is 14.2 Å². The largest absolute Gasteiger partial charge is 0.497 e. The molecule has 0 amide bonds. The predicted molar refractivity (Wildman–Crippen MR) is 119 cm³/mol. The van der Waals surface area contributed by atoms with Crippen LogP contribution in [0.3, 0.4) is 0 Å². The van der Waals surface area contributed by atoms with E-state index in [4.69, 9.17) is 9.47 Å². The van der Waals surface area contributed by atoms with Crippen molar-refractivity contribution >= 4 is 33.5 Å². The molecule has 6 heteroatoms. The zero-order chi connectivity index (χ0) is 20.9. The third kappa shape index (κ3) is 4.18. The number of hydrogen-bond donors (Lipinski definition) is 0. The van der Waals surface area contributed by atoms with Crippen molar-refractivity contribution in [3.63, 3.8) is 0 Å². The summed E-state index contributed by atoms with van der Waals surface area (Å²) in [6, 6.07) is 19.7. The fourth-order valence-corrected chi connectivity index (χ4v) is 4.12. The van der Waals surface area contributed by atoms with Crippen LogP contribution in [0.4, 0.5) is 0 Å². The number of carbonyl (C=O) groups excluding carboxylic acids is 1. The molecule has 0 saturated carbocycles. The molecule has 0 unspecified atom stereocenters. The van der Waals surface area contributed by atoms with E-state index < -0.39 is 5.97 Å². The molecule has 0 bridgehead atoms. The third-order valence-corrected chi connectivity index (χ3v) is 5.64. The van der Waals surface area contributed by atoms with Gasteiger partial charge in [0.15, 0.2) is 5.75 Å². The van der Waals surface area contributed by atoms with Crippen LogP contribution in [0.25, 0.3) is 26.6 Å². The molecular weight excluding hydrogens is 398 g/mol. The molecule has 0 fully saturated rings. The highest BCUT2D eigenvalue weighted by atomic mass is 32.1. The van der Waals surface area contributed by atoms with Gasteiger partial charge in [0.1, 0.15) is 11.5 Å².